The first-order valence-electron chi connectivity index (χ1n) is 8.46. The van der Waals surface area contributed by atoms with Crippen LogP contribution in [0.2, 0.25) is 5.02 Å². The maximum Gasteiger partial charge on any atom is 0.274 e. The smallest absolute Gasteiger partial charge is 0.274 e. The molecule has 2 fully saturated rings. The fourth-order valence-corrected chi connectivity index (χ4v) is 3.77. The highest BCUT2D eigenvalue weighted by Crippen LogP contribution is 2.33. The van der Waals surface area contributed by atoms with Gasteiger partial charge in [0.15, 0.2) is 5.69 Å². The molecule has 2 aliphatic rings. The van der Waals surface area contributed by atoms with Crippen molar-refractivity contribution in [3.05, 3.63) is 40.9 Å². The van der Waals surface area contributed by atoms with E-state index in [1.807, 2.05) is 23.2 Å². The second-order valence-electron chi connectivity index (χ2n) is 6.34. The zero-order valence-electron chi connectivity index (χ0n) is 13.4. The third-order valence-electron chi connectivity index (χ3n) is 4.82. The van der Waals surface area contributed by atoms with Gasteiger partial charge in [0.2, 0.25) is 5.95 Å². The number of anilines is 1. The molecule has 1 N–H and O–H groups in total. The number of hydrogen-bond donors (Lipinski definition) is 1. The fourth-order valence-electron chi connectivity index (χ4n) is 3.60. The lowest BCUT2D eigenvalue weighted by molar-refractivity contribution is 0.0727. The number of aromatic amines is 1. The summed E-state index contributed by atoms with van der Waals surface area (Å²) in [5, 5.41) is 0.320. The number of hydrogen-bond acceptors (Lipinski definition) is 4. The Bertz CT molecular complexity index is 727. The van der Waals surface area contributed by atoms with Crippen molar-refractivity contribution >= 4 is 23.5 Å². The molecule has 4 rings (SSSR count). The van der Waals surface area contributed by atoms with Crippen LogP contribution < -0.4 is 4.90 Å². The van der Waals surface area contributed by atoms with E-state index in [1.54, 1.807) is 6.20 Å². The molecule has 0 unspecified atom stereocenters. The zero-order chi connectivity index (χ0) is 16.5. The van der Waals surface area contributed by atoms with Crippen molar-refractivity contribution in [3.63, 3.8) is 0 Å². The summed E-state index contributed by atoms with van der Waals surface area (Å²) in [6.07, 6.45) is 7.65. The third kappa shape index (κ3) is 2.75. The van der Waals surface area contributed by atoms with E-state index < -0.39 is 0 Å². The molecule has 7 heteroatoms. The van der Waals surface area contributed by atoms with Crippen LogP contribution in [0, 0.1) is 0 Å². The van der Waals surface area contributed by atoms with Crippen LogP contribution in [0.3, 0.4) is 0 Å². The van der Waals surface area contributed by atoms with Crippen LogP contribution in [-0.4, -0.2) is 45.4 Å². The second kappa shape index (κ2) is 6.43. The number of halogens is 1. The highest BCUT2D eigenvalue weighted by Gasteiger charge is 2.33. The predicted octanol–water partition coefficient (Wildman–Crippen LogP) is 3.04. The van der Waals surface area contributed by atoms with E-state index in [9.17, 15) is 4.79 Å². The van der Waals surface area contributed by atoms with Gasteiger partial charge in [0, 0.05) is 31.5 Å². The molecule has 0 aromatic carbocycles. The first-order valence-corrected chi connectivity index (χ1v) is 8.83. The third-order valence-corrected chi connectivity index (χ3v) is 5.09. The van der Waals surface area contributed by atoms with E-state index in [0.717, 1.165) is 51.0 Å². The first-order chi connectivity index (χ1) is 11.7. The molecule has 2 aromatic heterocycles. The van der Waals surface area contributed by atoms with Gasteiger partial charge in [-0.15, -0.1) is 0 Å². The molecule has 0 spiro atoms. The molecule has 24 heavy (non-hydrogen) atoms. The highest BCUT2D eigenvalue weighted by atomic mass is 35.5. The van der Waals surface area contributed by atoms with Crippen molar-refractivity contribution in [2.45, 2.75) is 31.7 Å². The van der Waals surface area contributed by atoms with Crippen LogP contribution in [0.25, 0.3) is 0 Å². The summed E-state index contributed by atoms with van der Waals surface area (Å²) in [6, 6.07) is 4.04. The normalized spacial score (nSPS) is 20.8. The van der Waals surface area contributed by atoms with Crippen LogP contribution in [0.15, 0.2) is 24.5 Å². The number of rotatable bonds is 3. The zero-order valence-corrected chi connectivity index (χ0v) is 14.2. The Hall–Kier alpha value is -2.08. The average molecular weight is 346 g/mol. The number of nitrogens with one attached hydrogen (secondary N) is 1. The Morgan fingerprint density at radius 3 is 2.83 bits per heavy atom. The van der Waals surface area contributed by atoms with Gasteiger partial charge in [0.1, 0.15) is 0 Å². The number of amides is 1. The molecule has 2 aliphatic heterocycles. The van der Waals surface area contributed by atoms with Gasteiger partial charge in [-0.2, -0.15) is 0 Å². The monoisotopic (exact) mass is 345 g/mol. The number of likely N-dealkylation sites (tertiary alicyclic amines) is 1. The lowest BCUT2D eigenvalue weighted by Crippen LogP contribution is -2.32. The SMILES string of the molecule is O=C(c1nc(N2CCCC2)ncc1Cl)N1CCC[C@@H]1c1ccc[nH]1. The Balaban J connectivity index is 1.62. The van der Waals surface area contributed by atoms with Gasteiger partial charge in [0.25, 0.3) is 5.91 Å². The Morgan fingerprint density at radius 1 is 1.25 bits per heavy atom. The molecular weight excluding hydrogens is 326 g/mol. The van der Waals surface area contributed by atoms with Gasteiger partial charge in [-0.1, -0.05) is 11.6 Å². The van der Waals surface area contributed by atoms with Gasteiger partial charge >= 0.3 is 0 Å². The molecule has 4 heterocycles. The lowest BCUT2D eigenvalue weighted by atomic mass is 10.1. The summed E-state index contributed by atoms with van der Waals surface area (Å²) in [6.45, 7) is 2.59. The van der Waals surface area contributed by atoms with Crippen LogP contribution in [0.1, 0.15) is 47.9 Å². The van der Waals surface area contributed by atoms with Gasteiger partial charge in [-0.05, 0) is 37.8 Å². The molecule has 2 saturated heterocycles. The van der Waals surface area contributed by atoms with E-state index in [2.05, 4.69) is 19.9 Å². The van der Waals surface area contributed by atoms with Crippen LogP contribution in [0.4, 0.5) is 5.95 Å². The number of carbonyl (C=O) groups is 1. The van der Waals surface area contributed by atoms with Crippen molar-refractivity contribution in [3.8, 4) is 0 Å². The standard InChI is InChI=1S/C17H20ClN5O/c18-12-11-20-17(22-8-1-2-9-22)21-15(12)16(24)23-10-4-6-14(23)13-5-3-7-19-13/h3,5,7,11,14,19H,1-2,4,6,8-10H2/t14-/m1/s1. The minimum Gasteiger partial charge on any atom is -0.363 e. The maximum absolute atomic E-state index is 13.1. The van der Waals surface area contributed by atoms with Crippen molar-refractivity contribution in [1.29, 1.82) is 0 Å². The van der Waals surface area contributed by atoms with Crippen molar-refractivity contribution in [1.82, 2.24) is 19.9 Å². The second-order valence-corrected chi connectivity index (χ2v) is 6.75. The maximum atomic E-state index is 13.1. The Labute approximate surface area is 145 Å². The molecule has 0 bridgehead atoms. The van der Waals surface area contributed by atoms with Crippen LogP contribution in [0.5, 0.6) is 0 Å². The number of aromatic nitrogens is 3. The van der Waals surface area contributed by atoms with Crippen molar-refractivity contribution in [2.75, 3.05) is 24.5 Å². The summed E-state index contributed by atoms with van der Waals surface area (Å²) < 4.78 is 0. The van der Waals surface area contributed by atoms with Crippen LogP contribution >= 0.6 is 11.6 Å². The molecule has 1 atom stereocenters. The largest absolute Gasteiger partial charge is 0.363 e. The predicted molar refractivity (Wildman–Crippen MR) is 92.3 cm³/mol. The summed E-state index contributed by atoms with van der Waals surface area (Å²) in [5.41, 5.74) is 1.37. The van der Waals surface area contributed by atoms with Gasteiger partial charge in [0.05, 0.1) is 17.3 Å². The quantitative estimate of drug-likeness (QED) is 0.928. The van der Waals surface area contributed by atoms with Crippen molar-refractivity contribution in [2.24, 2.45) is 0 Å². The van der Waals surface area contributed by atoms with E-state index in [1.165, 1.54) is 0 Å². The summed E-state index contributed by atoms with van der Waals surface area (Å²) in [7, 11) is 0. The first kappa shape index (κ1) is 15.4. The molecular formula is C17H20ClN5O. The molecule has 6 nitrogen and oxygen atoms in total. The summed E-state index contributed by atoms with van der Waals surface area (Å²) in [5.74, 6) is 0.496. The summed E-state index contributed by atoms with van der Waals surface area (Å²) in [4.78, 5) is 29.1. The Kier molecular flexibility index (Phi) is 4.14. The Morgan fingerprint density at radius 2 is 2.08 bits per heavy atom. The minimum absolute atomic E-state index is 0.0637. The molecule has 2 aromatic rings. The lowest BCUT2D eigenvalue weighted by Gasteiger charge is -2.24. The molecule has 0 saturated carbocycles. The van der Waals surface area contributed by atoms with Crippen molar-refractivity contribution < 1.29 is 4.79 Å². The number of nitrogens with zero attached hydrogens (tertiary/aromatic N) is 4. The molecule has 0 radical (unpaired) electrons. The minimum atomic E-state index is -0.111. The average Bonchev–Trinajstić information content (AvgIpc) is 3.34. The summed E-state index contributed by atoms with van der Waals surface area (Å²) >= 11 is 6.25. The van der Waals surface area contributed by atoms with E-state index in [-0.39, 0.29) is 11.9 Å². The molecule has 1 amide bonds. The van der Waals surface area contributed by atoms with E-state index in [0.29, 0.717) is 16.7 Å². The van der Waals surface area contributed by atoms with Gasteiger partial charge in [-0.3, -0.25) is 4.79 Å². The fraction of sp³-hybridized carbons (Fsp3) is 0.471. The van der Waals surface area contributed by atoms with Crippen LogP contribution in [-0.2, 0) is 0 Å². The molecule has 126 valence electrons. The highest BCUT2D eigenvalue weighted by molar-refractivity contribution is 6.33. The van der Waals surface area contributed by atoms with Gasteiger partial charge < -0.3 is 14.8 Å². The van der Waals surface area contributed by atoms with E-state index >= 15 is 0 Å². The van der Waals surface area contributed by atoms with E-state index in [4.69, 9.17) is 11.6 Å². The van der Waals surface area contributed by atoms with Gasteiger partial charge in [-0.25, -0.2) is 9.97 Å². The molecule has 0 aliphatic carbocycles. The topological polar surface area (TPSA) is 65.1 Å². The number of carbonyl (C=O) groups excluding carboxylic acids is 1. The number of H-pyrrole nitrogens is 1.